The molecule has 1 aliphatic rings. The predicted molar refractivity (Wildman–Crippen MR) is 84.4 cm³/mol. The summed E-state index contributed by atoms with van der Waals surface area (Å²) in [6, 6.07) is 8.54. The monoisotopic (exact) mass is 374 g/mol. The standard InChI is InChI=1S/C14H19IN2O2/c1-14(2,3)19-13(18)17-8-12(9-17)16-11-6-4-10(15)5-7-11/h4-7,12,16H,8-9H2,1-3H3. The van der Waals surface area contributed by atoms with Crippen molar-refractivity contribution < 1.29 is 9.53 Å². The summed E-state index contributed by atoms with van der Waals surface area (Å²) in [7, 11) is 0. The highest BCUT2D eigenvalue weighted by molar-refractivity contribution is 14.1. The largest absolute Gasteiger partial charge is 0.444 e. The lowest BCUT2D eigenvalue weighted by Gasteiger charge is -2.40. The fourth-order valence-electron chi connectivity index (χ4n) is 1.83. The van der Waals surface area contributed by atoms with Crippen LogP contribution in [-0.2, 0) is 4.74 Å². The Kier molecular flexibility index (Phi) is 4.23. The third-order valence-electron chi connectivity index (χ3n) is 2.75. The van der Waals surface area contributed by atoms with Crippen LogP contribution in [0, 0.1) is 3.57 Å². The number of ether oxygens (including phenoxy) is 1. The number of benzene rings is 1. The summed E-state index contributed by atoms with van der Waals surface area (Å²) in [6.45, 7) is 7.03. The van der Waals surface area contributed by atoms with Gasteiger partial charge in [-0.15, -0.1) is 0 Å². The number of carbonyl (C=O) groups excluding carboxylic acids is 1. The van der Waals surface area contributed by atoms with E-state index in [1.807, 2.05) is 20.8 Å². The minimum atomic E-state index is -0.425. The lowest BCUT2D eigenvalue weighted by molar-refractivity contribution is 0.0105. The van der Waals surface area contributed by atoms with Crippen LogP contribution in [0.3, 0.4) is 0 Å². The molecule has 1 N–H and O–H groups in total. The normalized spacial score (nSPS) is 15.9. The van der Waals surface area contributed by atoms with E-state index in [1.54, 1.807) is 4.90 Å². The number of likely N-dealkylation sites (tertiary alicyclic amines) is 1. The van der Waals surface area contributed by atoms with Gasteiger partial charge in [-0.2, -0.15) is 0 Å². The fraction of sp³-hybridized carbons (Fsp3) is 0.500. The molecule has 104 valence electrons. The van der Waals surface area contributed by atoms with Gasteiger partial charge in [0.25, 0.3) is 0 Å². The zero-order chi connectivity index (χ0) is 14.0. The van der Waals surface area contributed by atoms with Gasteiger partial charge in [-0.1, -0.05) is 0 Å². The van der Waals surface area contributed by atoms with Crippen LogP contribution in [0.5, 0.6) is 0 Å². The summed E-state index contributed by atoms with van der Waals surface area (Å²) < 4.78 is 6.53. The Morgan fingerprint density at radius 3 is 2.42 bits per heavy atom. The molecule has 0 spiro atoms. The van der Waals surface area contributed by atoms with E-state index < -0.39 is 5.60 Å². The number of hydrogen-bond acceptors (Lipinski definition) is 3. The SMILES string of the molecule is CC(C)(C)OC(=O)N1CC(Nc2ccc(I)cc2)C1. The van der Waals surface area contributed by atoms with Crippen LogP contribution in [0.25, 0.3) is 0 Å². The topological polar surface area (TPSA) is 41.6 Å². The van der Waals surface area contributed by atoms with Gasteiger partial charge in [-0.25, -0.2) is 4.79 Å². The average Bonchev–Trinajstić information content (AvgIpc) is 2.22. The predicted octanol–water partition coefficient (Wildman–Crippen LogP) is 3.32. The van der Waals surface area contributed by atoms with Gasteiger partial charge in [-0.3, -0.25) is 0 Å². The van der Waals surface area contributed by atoms with Crippen molar-refractivity contribution in [3.63, 3.8) is 0 Å². The van der Waals surface area contributed by atoms with E-state index in [-0.39, 0.29) is 6.09 Å². The second-order valence-electron chi connectivity index (χ2n) is 5.73. The van der Waals surface area contributed by atoms with Crippen LogP contribution in [0.2, 0.25) is 0 Å². The van der Waals surface area contributed by atoms with Gasteiger partial charge in [-0.05, 0) is 67.6 Å². The molecule has 0 aromatic heterocycles. The van der Waals surface area contributed by atoms with Crippen LogP contribution in [-0.4, -0.2) is 35.7 Å². The number of halogens is 1. The molecular weight excluding hydrogens is 355 g/mol. The van der Waals surface area contributed by atoms with E-state index >= 15 is 0 Å². The lowest BCUT2D eigenvalue weighted by atomic mass is 10.1. The zero-order valence-electron chi connectivity index (χ0n) is 11.4. The van der Waals surface area contributed by atoms with Crippen LogP contribution in [0.1, 0.15) is 20.8 Å². The number of nitrogens with zero attached hydrogens (tertiary/aromatic N) is 1. The van der Waals surface area contributed by atoms with Crippen molar-refractivity contribution in [2.75, 3.05) is 18.4 Å². The number of hydrogen-bond donors (Lipinski definition) is 1. The van der Waals surface area contributed by atoms with E-state index in [2.05, 4.69) is 52.2 Å². The maximum absolute atomic E-state index is 11.8. The van der Waals surface area contributed by atoms with Gasteiger partial charge in [0.05, 0.1) is 6.04 Å². The van der Waals surface area contributed by atoms with Crippen molar-refractivity contribution >= 4 is 34.4 Å². The van der Waals surface area contributed by atoms with Crippen molar-refractivity contribution in [1.82, 2.24) is 4.90 Å². The Labute approximate surface area is 127 Å². The summed E-state index contributed by atoms with van der Waals surface area (Å²) in [5.41, 5.74) is 0.667. The van der Waals surface area contributed by atoms with Crippen LogP contribution in [0.4, 0.5) is 10.5 Å². The summed E-state index contributed by atoms with van der Waals surface area (Å²) in [4.78, 5) is 13.5. The third kappa shape index (κ3) is 4.26. The Balaban J connectivity index is 1.77. The first-order valence-electron chi connectivity index (χ1n) is 6.33. The first-order chi connectivity index (χ1) is 8.83. The first-order valence-corrected chi connectivity index (χ1v) is 7.41. The van der Waals surface area contributed by atoms with Gasteiger partial charge < -0.3 is 15.0 Å². The molecule has 1 amide bonds. The molecule has 5 heteroatoms. The van der Waals surface area contributed by atoms with Gasteiger partial charge in [0.1, 0.15) is 5.60 Å². The molecular formula is C14H19IN2O2. The number of anilines is 1. The van der Waals surface area contributed by atoms with Crippen LogP contribution < -0.4 is 5.32 Å². The molecule has 0 bridgehead atoms. The second kappa shape index (κ2) is 5.56. The summed E-state index contributed by atoms with van der Waals surface area (Å²) in [5, 5.41) is 3.40. The summed E-state index contributed by atoms with van der Waals surface area (Å²) in [6.07, 6.45) is -0.229. The van der Waals surface area contributed by atoms with E-state index in [0.717, 1.165) is 5.69 Å². The Bertz CT molecular complexity index is 448. The van der Waals surface area contributed by atoms with Gasteiger partial charge in [0.15, 0.2) is 0 Å². The molecule has 2 rings (SSSR count). The van der Waals surface area contributed by atoms with Gasteiger partial charge in [0, 0.05) is 22.3 Å². The molecule has 0 aliphatic carbocycles. The minimum absolute atomic E-state index is 0.229. The zero-order valence-corrected chi connectivity index (χ0v) is 13.6. The maximum atomic E-state index is 11.8. The molecule has 1 saturated heterocycles. The summed E-state index contributed by atoms with van der Waals surface area (Å²) >= 11 is 2.28. The molecule has 0 saturated carbocycles. The van der Waals surface area contributed by atoms with Crippen molar-refractivity contribution in [3.8, 4) is 0 Å². The highest BCUT2D eigenvalue weighted by Crippen LogP contribution is 2.19. The van der Waals surface area contributed by atoms with E-state index in [4.69, 9.17) is 4.74 Å². The Morgan fingerprint density at radius 1 is 1.32 bits per heavy atom. The minimum Gasteiger partial charge on any atom is -0.444 e. The fourth-order valence-corrected chi connectivity index (χ4v) is 2.19. The van der Waals surface area contributed by atoms with E-state index in [0.29, 0.717) is 19.1 Å². The van der Waals surface area contributed by atoms with Crippen molar-refractivity contribution in [2.45, 2.75) is 32.4 Å². The Morgan fingerprint density at radius 2 is 1.89 bits per heavy atom. The molecule has 1 aromatic rings. The molecule has 1 heterocycles. The molecule has 19 heavy (non-hydrogen) atoms. The van der Waals surface area contributed by atoms with Crippen LogP contribution in [0.15, 0.2) is 24.3 Å². The number of carbonyl (C=O) groups is 1. The first kappa shape index (κ1) is 14.4. The van der Waals surface area contributed by atoms with Gasteiger partial charge in [0.2, 0.25) is 0 Å². The molecule has 1 fully saturated rings. The number of nitrogens with one attached hydrogen (secondary N) is 1. The number of amides is 1. The molecule has 0 unspecified atom stereocenters. The number of rotatable bonds is 2. The molecule has 1 aromatic carbocycles. The average molecular weight is 374 g/mol. The van der Waals surface area contributed by atoms with E-state index in [1.165, 1.54) is 3.57 Å². The highest BCUT2D eigenvalue weighted by atomic mass is 127. The smallest absolute Gasteiger partial charge is 0.410 e. The van der Waals surface area contributed by atoms with Crippen molar-refractivity contribution in [3.05, 3.63) is 27.8 Å². The van der Waals surface area contributed by atoms with Crippen LogP contribution >= 0.6 is 22.6 Å². The molecule has 4 nitrogen and oxygen atoms in total. The summed E-state index contributed by atoms with van der Waals surface area (Å²) in [5.74, 6) is 0. The Hall–Kier alpha value is -0.980. The molecule has 0 radical (unpaired) electrons. The van der Waals surface area contributed by atoms with E-state index in [9.17, 15) is 4.79 Å². The quantitative estimate of drug-likeness (QED) is 0.808. The molecule has 0 atom stereocenters. The third-order valence-corrected chi connectivity index (χ3v) is 3.47. The lowest BCUT2D eigenvalue weighted by Crippen LogP contribution is -2.57. The van der Waals surface area contributed by atoms with Crippen molar-refractivity contribution in [2.24, 2.45) is 0 Å². The highest BCUT2D eigenvalue weighted by Gasteiger charge is 2.33. The maximum Gasteiger partial charge on any atom is 0.410 e. The van der Waals surface area contributed by atoms with Crippen molar-refractivity contribution in [1.29, 1.82) is 0 Å². The van der Waals surface area contributed by atoms with Gasteiger partial charge >= 0.3 is 6.09 Å². The second-order valence-corrected chi connectivity index (χ2v) is 6.98. The molecule has 1 aliphatic heterocycles.